The Bertz CT molecular complexity index is 83.8. The van der Waals surface area contributed by atoms with Crippen molar-refractivity contribution in [2.75, 3.05) is 0 Å². The molecule has 1 radical (unpaired) electrons. The van der Waals surface area contributed by atoms with Crippen LogP contribution in [0.3, 0.4) is 0 Å². The minimum atomic E-state index is -1.61. The number of hydrazine groups is 1. The molecule has 0 aliphatic heterocycles. The molecule has 0 unspecified atom stereocenters. The molecule has 8 nitrogen and oxygen atoms in total. The maximum absolute atomic E-state index is 8.81. The van der Waals surface area contributed by atoms with Crippen LogP contribution in [0.15, 0.2) is 0 Å². The van der Waals surface area contributed by atoms with Crippen molar-refractivity contribution in [3.63, 3.8) is 0 Å². The summed E-state index contributed by atoms with van der Waals surface area (Å²) in [5.74, 6) is 0. The summed E-state index contributed by atoms with van der Waals surface area (Å²) in [6, 6.07) is 0. The Labute approximate surface area is 42.1 Å². The van der Waals surface area contributed by atoms with Crippen LogP contribution in [0.1, 0.15) is 0 Å². The zero-order valence-electron chi connectivity index (χ0n) is 3.38. The fourth-order valence-electron chi connectivity index (χ4n) is 0. The van der Waals surface area contributed by atoms with E-state index in [0.717, 1.165) is 0 Å². The van der Waals surface area contributed by atoms with Gasteiger partial charge in [-0.3, -0.25) is 0 Å². The Kier molecular flexibility index (Phi) is 6.51. The van der Waals surface area contributed by atoms with Crippen LogP contribution < -0.4 is 5.59 Å². The summed E-state index contributed by atoms with van der Waals surface area (Å²) in [6.45, 7) is 0. The van der Waals surface area contributed by atoms with Gasteiger partial charge < -0.3 is 0 Å². The first kappa shape index (κ1) is 9.64. The molecular weight excluding hydrogens is 122 g/mol. The molecule has 0 N–H and O–H groups in total. The van der Waals surface area contributed by atoms with Crippen LogP contribution in [0, 0.1) is 25.1 Å². The molecule has 0 saturated heterocycles. The van der Waals surface area contributed by atoms with Crippen molar-refractivity contribution in [3.8, 4) is 0 Å². The lowest BCUT2D eigenvalue weighted by molar-refractivity contribution is -1.08. The Balaban J connectivity index is 0. The van der Waals surface area contributed by atoms with E-state index in [1.807, 2.05) is 0 Å². The number of nitrogens with zero attached hydrogens (tertiary/aromatic N) is 3. The van der Waals surface area contributed by atoms with Crippen molar-refractivity contribution in [3.05, 3.63) is 25.1 Å². The van der Waals surface area contributed by atoms with Gasteiger partial charge in [0.05, 0.1) is 0 Å². The predicted octanol–water partition coefficient (Wildman–Crippen LogP) is -0.992. The van der Waals surface area contributed by atoms with E-state index in [9.17, 15) is 0 Å². The second-order valence-electron chi connectivity index (χ2n) is 0.476. The standard InChI is InChI=1S/N2O4.NO/c3-1(4)2(5)6;1-2. The second-order valence-corrected chi connectivity index (χ2v) is 0.476. The SMILES string of the molecule is O=[N+]([O-])[N+](=O)[O-].[N]=O. The molecule has 8 heavy (non-hydrogen) atoms. The lowest BCUT2D eigenvalue weighted by Gasteiger charge is -1.64. The van der Waals surface area contributed by atoms with Gasteiger partial charge in [0.1, 0.15) is 5.59 Å². The fourth-order valence-corrected chi connectivity index (χ4v) is 0. The number of nitro groups is 1. The van der Waals surface area contributed by atoms with Gasteiger partial charge in [-0.05, 0) is 0 Å². The van der Waals surface area contributed by atoms with Gasteiger partial charge in [0.15, 0.2) is 0 Å². The minimum Gasteiger partial charge on any atom is -0.194 e. The van der Waals surface area contributed by atoms with Crippen LogP contribution in [0.5, 0.6) is 0 Å². The van der Waals surface area contributed by atoms with E-state index < -0.39 is 10.1 Å². The first-order valence-corrected chi connectivity index (χ1v) is 1.11. The van der Waals surface area contributed by atoms with Gasteiger partial charge in [0.25, 0.3) is 0 Å². The smallest absolute Gasteiger partial charge is 0.194 e. The summed E-state index contributed by atoms with van der Waals surface area (Å²) < 4.78 is 0. The quantitative estimate of drug-likeness (QED) is 0.325. The van der Waals surface area contributed by atoms with E-state index in [1.165, 1.54) is 0 Å². The molecule has 0 aromatic carbocycles. The molecule has 45 valence electrons. The van der Waals surface area contributed by atoms with Gasteiger partial charge in [0, 0.05) is 0 Å². The third-order valence-corrected chi connectivity index (χ3v) is 0.133. The highest BCUT2D eigenvalue weighted by atomic mass is 16.8. The molecule has 0 spiro atoms. The van der Waals surface area contributed by atoms with Crippen LogP contribution >= 0.6 is 0 Å². The minimum absolute atomic E-state index is 1.61. The number of rotatable bonds is 1. The number of hydrogen-bond acceptors (Lipinski definition) is 5. The van der Waals surface area contributed by atoms with Crippen molar-refractivity contribution in [2.45, 2.75) is 0 Å². The summed E-state index contributed by atoms with van der Waals surface area (Å²) in [6.07, 6.45) is 0. The van der Waals surface area contributed by atoms with E-state index >= 15 is 0 Å². The molecule has 0 aliphatic rings. The second kappa shape index (κ2) is 5.40. The summed E-state index contributed by atoms with van der Waals surface area (Å²) in [7, 11) is 0. The highest BCUT2D eigenvalue weighted by Crippen LogP contribution is 1.61. The fraction of sp³-hybridized carbons (Fsp3) is 0. The zero-order valence-corrected chi connectivity index (χ0v) is 3.38. The Morgan fingerprint density at radius 1 is 1.00 bits per heavy atom. The van der Waals surface area contributed by atoms with Gasteiger partial charge >= 0.3 is 10.1 Å². The summed E-state index contributed by atoms with van der Waals surface area (Å²) in [4.78, 5) is 24.9. The molecule has 0 amide bonds. The Hall–Kier alpha value is -1.60. The summed E-state index contributed by atoms with van der Waals surface area (Å²) in [5, 5.41) is 14.4. The molecule has 0 aliphatic carbocycles. The molecule has 8 heteroatoms. The predicted molar refractivity (Wildman–Crippen MR) is 19.5 cm³/mol. The van der Waals surface area contributed by atoms with Gasteiger partial charge in [0.2, 0.25) is 0 Å². The van der Waals surface area contributed by atoms with Crippen molar-refractivity contribution < 1.29 is 10.1 Å². The topological polar surface area (TPSA) is 126 Å². The molecule has 0 fully saturated rings. The van der Waals surface area contributed by atoms with E-state index in [2.05, 4.69) is 0 Å². The zero-order chi connectivity index (χ0) is 7.15. The highest BCUT2D eigenvalue weighted by molar-refractivity contribution is 3.93. The molecule has 0 atom stereocenters. The first-order valence-electron chi connectivity index (χ1n) is 1.11. The van der Waals surface area contributed by atoms with Crippen LogP contribution in [0.2, 0.25) is 0 Å². The van der Waals surface area contributed by atoms with Crippen LogP contribution in [0.4, 0.5) is 0 Å². The average Bonchev–Trinajstić information content (AvgIpc) is 1.72. The van der Waals surface area contributed by atoms with Gasteiger partial charge in [-0.1, -0.05) is 0 Å². The normalized spacial score (nSPS) is 6.00. The molecule has 0 saturated carbocycles. The lowest BCUT2D eigenvalue weighted by atomic mass is 12.6. The maximum Gasteiger partial charge on any atom is 0.387 e. The molecule has 0 heterocycles. The monoisotopic (exact) mass is 122 g/mol. The van der Waals surface area contributed by atoms with Crippen molar-refractivity contribution in [1.29, 1.82) is 0 Å². The van der Waals surface area contributed by atoms with E-state index in [0.29, 0.717) is 0 Å². The first-order chi connectivity index (χ1) is 3.64. The largest absolute Gasteiger partial charge is 0.387 e. The van der Waals surface area contributed by atoms with Gasteiger partial charge in [-0.25, -0.2) is 0 Å². The molecule has 0 aromatic heterocycles. The number of nitroso groups, excluding NO2 is 1. The summed E-state index contributed by atoms with van der Waals surface area (Å²) in [5.41, 5.74) is 5.75. The van der Waals surface area contributed by atoms with Crippen LogP contribution in [-0.4, -0.2) is 10.1 Å². The third-order valence-electron chi connectivity index (χ3n) is 0.133. The molecular formula is N3O5. The van der Waals surface area contributed by atoms with Gasteiger partial charge in [-0.2, -0.15) is 20.2 Å². The number of hydrogen-bond donors (Lipinski definition) is 0. The maximum atomic E-state index is 8.81. The van der Waals surface area contributed by atoms with E-state index in [-0.39, 0.29) is 0 Å². The van der Waals surface area contributed by atoms with E-state index in [1.54, 1.807) is 0 Å². The van der Waals surface area contributed by atoms with Gasteiger partial charge in [-0.15, -0.1) is 4.91 Å². The summed E-state index contributed by atoms with van der Waals surface area (Å²) >= 11 is 0. The van der Waals surface area contributed by atoms with Crippen molar-refractivity contribution >= 4 is 0 Å². The van der Waals surface area contributed by atoms with Crippen LogP contribution in [-0.2, 0) is 0 Å². The van der Waals surface area contributed by atoms with Crippen LogP contribution in [0.25, 0.3) is 0 Å². The van der Waals surface area contributed by atoms with Crippen molar-refractivity contribution in [1.82, 2.24) is 5.59 Å². The van der Waals surface area contributed by atoms with E-state index in [4.69, 9.17) is 30.7 Å². The van der Waals surface area contributed by atoms with Crippen molar-refractivity contribution in [2.24, 2.45) is 0 Å². The highest BCUT2D eigenvalue weighted by Gasteiger charge is 2.06. The Morgan fingerprint density at radius 3 is 1.12 bits per heavy atom. The lowest BCUT2D eigenvalue weighted by Crippen LogP contribution is -2.06. The molecule has 0 bridgehead atoms. The molecule has 0 rings (SSSR count). The average molecular weight is 122 g/mol. The Morgan fingerprint density at radius 2 is 1.12 bits per heavy atom. The third kappa shape index (κ3) is 8.83. The molecule has 0 aromatic rings.